The van der Waals surface area contributed by atoms with Crippen molar-refractivity contribution in [3.05, 3.63) is 58.4 Å². The molecule has 0 saturated heterocycles. The maximum Gasteiger partial charge on any atom is 0.325 e. The van der Waals surface area contributed by atoms with Crippen molar-refractivity contribution in [3.63, 3.8) is 0 Å². The highest BCUT2D eigenvalue weighted by atomic mass is 32.2. The Balaban J connectivity index is 1.79. The monoisotopic (exact) mass is 474 g/mol. The summed E-state index contributed by atoms with van der Waals surface area (Å²) in [4.78, 5) is 29.2. The quantitative estimate of drug-likeness (QED) is 0.466. The summed E-state index contributed by atoms with van der Waals surface area (Å²) in [7, 11) is -2.15. The molecule has 0 aliphatic carbocycles. The van der Waals surface area contributed by atoms with Crippen molar-refractivity contribution in [2.24, 2.45) is 4.99 Å². The van der Waals surface area contributed by atoms with E-state index in [-0.39, 0.29) is 30.0 Å². The van der Waals surface area contributed by atoms with Gasteiger partial charge < -0.3 is 9.30 Å². The van der Waals surface area contributed by atoms with Gasteiger partial charge in [-0.2, -0.15) is 4.99 Å². The van der Waals surface area contributed by atoms with E-state index >= 15 is 0 Å². The Bertz CT molecular complexity index is 1300. The van der Waals surface area contributed by atoms with Gasteiger partial charge in [0.15, 0.2) is 14.6 Å². The summed E-state index contributed by atoms with van der Waals surface area (Å²) in [5.41, 5.74) is 2.92. The predicted molar refractivity (Wildman–Crippen MR) is 124 cm³/mol. The summed E-state index contributed by atoms with van der Waals surface area (Å²) in [6.07, 6.45) is 1.03. The number of esters is 1. The highest BCUT2D eigenvalue weighted by Crippen LogP contribution is 2.20. The number of hydrogen-bond donors (Lipinski definition) is 0. The van der Waals surface area contributed by atoms with Crippen molar-refractivity contribution in [3.8, 4) is 0 Å². The van der Waals surface area contributed by atoms with Crippen molar-refractivity contribution in [1.82, 2.24) is 4.57 Å². The van der Waals surface area contributed by atoms with Crippen LogP contribution < -0.4 is 4.80 Å². The molecule has 0 radical (unpaired) electrons. The lowest BCUT2D eigenvalue weighted by molar-refractivity contribution is -0.141. The molecule has 1 aromatic heterocycles. The Morgan fingerprint density at radius 2 is 1.84 bits per heavy atom. The number of carbonyl (C=O) groups excluding carboxylic acids is 2. The van der Waals surface area contributed by atoms with Crippen LogP contribution in [0.3, 0.4) is 0 Å². The van der Waals surface area contributed by atoms with Crippen LogP contribution >= 0.6 is 11.3 Å². The molecule has 3 rings (SSSR count). The van der Waals surface area contributed by atoms with Crippen LogP contribution in [0.2, 0.25) is 0 Å². The summed E-state index contributed by atoms with van der Waals surface area (Å²) < 4.78 is 32.3. The van der Waals surface area contributed by atoms with Gasteiger partial charge in [-0.05, 0) is 49.6 Å². The molecule has 1 amide bonds. The lowest BCUT2D eigenvalue weighted by Gasteiger charge is -2.05. The van der Waals surface area contributed by atoms with Crippen LogP contribution in [0.1, 0.15) is 30.9 Å². The molecule has 0 N–H and O–H groups in total. The average Bonchev–Trinajstić information content (AvgIpc) is 3.09. The second-order valence-electron chi connectivity index (χ2n) is 7.44. The Morgan fingerprint density at radius 1 is 1.12 bits per heavy atom. The topological polar surface area (TPSA) is 94.8 Å². The van der Waals surface area contributed by atoms with Gasteiger partial charge in [0.2, 0.25) is 5.91 Å². The van der Waals surface area contributed by atoms with E-state index in [1.807, 2.05) is 25.1 Å². The van der Waals surface area contributed by atoms with E-state index in [9.17, 15) is 18.0 Å². The fraction of sp³-hybridized carbons (Fsp3) is 0.348. The van der Waals surface area contributed by atoms with Crippen molar-refractivity contribution < 1.29 is 22.7 Å². The van der Waals surface area contributed by atoms with Crippen molar-refractivity contribution in [2.75, 3.05) is 12.9 Å². The van der Waals surface area contributed by atoms with E-state index in [0.29, 0.717) is 4.80 Å². The number of fused-ring (bicyclic) bond motifs is 1. The zero-order valence-corrected chi connectivity index (χ0v) is 20.0. The molecule has 0 bridgehead atoms. The zero-order chi connectivity index (χ0) is 23.3. The number of aromatic nitrogens is 1. The van der Waals surface area contributed by atoms with E-state index in [2.05, 4.69) is 11.9 Å². The summed E-state index contributed by atoms with van der Waals surface area (Å²) in [5, 5.41) is 0. The van der Waals surface area contributed by atoms with Crippen LogP contribution in [-0.2, 0) is 37.1 Å². The Kier molecular flexibility index (Phi) is 7.63. The number of carbonyl (C=O) groups is 2. The van der Waals surface area contributed by atoms with E-state index in [0.717, 1.165) is 27.8 Å². The predicted octanol–water partition coefficient (Wildman–Crippen LogP) is 3.43. The van der Waals surface area contributed by atoms with E-state index in [1.54, 1.807) is 28.8 Å². The van der Waals surface area contributed by atoms with Gasteiger partial charge >= 0.3 is 5.97 Å². The smallest absolute Gasteiger partial charge is 0.325 e. The molecular formula is C23H26N2O5S2. The van der Waals surface area contributed by atoms with Crippen LogP contribution in [0.15, 0.2) is 52.4 Å². The third kappa shape index (κ3) is 5.72. The molecule has 1 heterocycles. The molecule has 0 fully saturated rings. The van der Waals surface area contributed by atoms with Crippen LogP contribution in [0.4, 0.5) is 0 Å². The number of ether oxygens (including phenoxy) is 1. The normalized spacial score (nSPS) is 12.3. The Morgan fingerprint density at radius 3 is 2.50 bits per heavy atom. The molecule has 0 unspecified atom stereocenters. The lowest BCUT2D eigenvalue weighted by Crippen LogP contribution is -2.22. The SMILES string of the molecule is CCc1ccc2c(c1)sc(=NC(=O)CCCS(=O)(=O)c1ccc(C)cc1)n2CC(=O)OC. The van der Waals surface area contributed by atoms with Crippen molar-refractivity contribution in [1.29, 1.82) is 0 Å². The zero-order valence-electron chi connectivity index (χ0n) is 18.3. The van der Waals surface area contributed by atoms with Crippen LogP contribution in [0.5, 0.6) is 0 Å². The summed E-state index contributed by atoms with van der Waals surface area (Å²) >= 11 is 1.32. The van der Waals surface area contributed by atoms with E-state index in [1.165, 1.54) is 18.4 Å². The highest BCUT2D eigenvalue weighted by molar-refractivity contribution is 7.91. The molecular weight excluding hydrogens is 448 g/mol. The maximum atomic E-state index is 12.5. The van der Waals surface area contributed by atoms with Crippen LogP contribution in [0.25, 0.3) is 10.2 Å². The largest absolute Gasteiger partial charge is 0.468 e. The molecule has 32 heavy (non-hydrogen) atoms. The van der Waals surface area contributed by atoms with Gasteiger partial charge in [-0.15, -0.1) is 0 Å². The van der Waals surface area contributed by atoms with Crippen molar-refractivity contribution >= 4 is 43.3 Å². The van der Waals surface area contributed by atoms with Gasteiger partial charge in [-0.25, -0.2) is 8.42 Å². The first kappa shape index (κ1) is 23.9. The fourth-order valence-electron chi connectivity index (χ4n) is 3.21. The molecule has 3 aromatic rings. The minimum Gasteiger partial charge on any atom is -0.468 e. The van der Waals surface area contributed by atoms with Gasteiger partial charge in [0.05, 0.1) is 28.0 Å². The number of benzene rings is 2. The number of aryl methyl sites for hydroxylation is 2. The summed E-state index contributed by atoms with van der Waals surface area (Å²) in [6, 6.07) is 12.6. The first-order valence-corrected chi connectivity index (χ1v) is 12.8. The molecule has 9 heteroatoms. The first-order valence-electron chi connectivity index (χ1n) is 10.3. The third-order valence-electron chi connectivity index (χ3n) is 5.07. The number of sulfone groups is 1. The molecule has 0 aliphatic heterocycles. The van der Waals surface area contributed by atoms with Gasteiger partial charge in [0.1, 0.15) is 6.54 Å². The molecule has 170 valence electrons. The standard InChI is InChI=1S/C23H26N2O5S2/c1-4-17-9-12-19-20(14-17)31-23(25(19)15-22(27)30-3)24-21(26)6-5-13-32(28,29)18-10-7-16(2)8-11-18/h7-12,14H,4-6,13,15H2,1-3H3. The fourth-order valence-corrected chi connectivity index (χ4v) is 5.63. The number of hydrogen-bond acceptors (Lipinski definition) is 6. The molecule has 7 nitrogen and oxygen atoms in total. The second kappa shape index (κ2) is 10.2. The molecule has 0 aliphatic rings. The Hall–Kier alpha value is -2.78. The average molecular weight is 475 g/mol. The number of rotatable bonds is 8. The lowest BCUT2D eigenvalue weighted by atomic mass is 10.2. The van der Waals surface area contributed by atoms with Gasteiger partial charge in [0, 0.05) is 6.42 Å². The van der Waals surface area contributed by atoms with Gasteiger partial charge in [-0.3, -0.25) is 9.59 Å². The minimum atomic E-state index is -3.46. The second-order valence-corrected chi connectivity index (χ2v) is 10.6. The minimum absolute atomic E-state index is 0.00221. The summed E-state index contributed by atoms with van der Waals surface area (Å²) in [6.45, 7) is 3.88. The number of thiazole rings is 1. The summed E-state index contributed by atoms with van der Waals surface area (Å²) in [5.74, 6) is -1.00. The molecule has 0 saturated carbocycles. The number of nitrogens with zero attached hydrogens (tertiary/aromatic N) is 2. The molecule has 0 atom stereocenters. The first-order chi connectivity index (χ1) is 15.2. The molecule has 2 aromatic carbocycles. The van der Waals surface area contributed by atoms with Gasteiger partial charge in [-0.1, -0.05) is 42.0 Å². The van der Waals surface area contributed by atoms with E-state index in [4.69, 9.17) is 4.74 Å². The van der Waals surface area contributed by atoms with Crippen molar-refractivity contribution in [2.45, 2.75) is 44.6 Å². The maximum absolute atomic E-state index is 12.5. The third-order valence-corrected chi connectivity index (χ3v) is 7.93. The molecule has 0 spiro atoms. The van der Waals surface area contributed by atoms with E-state index < -0.39 is 21.7 Å². The highest BCUT2D eigenvalue weighted by Gasteiger charge is 2.16. The number of amides is 1. The van der Waals surface area contributed by atoms with Gasteiger partial charge in [0.25, 0.3) is 0 Å². The van der Waals surface area contributed by atoms with Crippen LogP contribution in [0, 0.1) is 6.92 Å². The van der Waals surface area contributed by atoms with Crippen LogP contribution in [-0.4, -0.2) is 37.7 Å². The Labute approximate surface area is 191 Å². The number of methoxy groups -OCH3 is 1.